The lowest BCUT2D eigenvalue weighted by atomic mass is 10.1. The van der Waals surface area contributed by atoms with E-state index in [0.29, 0.717) is 12.6 Å². The van der Waals surface area contributed by atoms with Crippen molar-refractivity contribution in [1.29, 1.82) is 0 Å². The highest BCUT2D eigenvalue weighted by Crippen LogP contribution is 2.24. The third-order valence-corrected chi connectivity index (χ3v) is 6.83. The van der Waals surface area contributed by atoms with E-state index in [4.69, 9.17) is 0 Å². The molecule has 1 saturated heterocycles. The molecule has 6 nitrogen and oxygen atoms in total. The van der Waals surface area contributed by atoms with Gasteiger partial charge in [0.1, 0.15) is 6.54 Å². The number of carbonyl (C=O) groups excluding carboxylic acids is 1. The summed E-state index contributed by atoms with van der Waals surface area (Å²) in [6.07, 6.45) is 2.01. The molecule has 2 aliphatic rings. The first-order valence-electron chi connectivity index (χ1n) is 10.8. The van der Waals surface area contributed by atoms with Crippen LogP contribution in [0.2, 0.25) is 0 Å². The Morgan fingerprint density at radius 2 is 2.03 bits per heavy atom. The second kappa shape index (κ2) is 11.2. The molecular formula is C23H32IN5OS. The van der Waals surface area contributed by atoms with Gasteiger partial charge in [0.2, 0.25) is 5.91 Å². The Labute approximate surface area is 206 Å². The van der Waals surface area contributed by atoms with Gasteiger partial charge in [-0.2, -0.15) is 0 Å². The number of fused-ring (bicyclic) bond motifs is 1. The van der Waals surface area contributed by atoms with Gasteiger partial charge in [-0.25, -0.2) is 4.99 Å². The maximum absolute atomic E-state index is 12.7. The molecule has 3 heterocycles. The Kier molecular flexibility index (Phi) is 8.59. The van der Waals surface area contributed by atoms with E-state index < -0.39 is 0 Å². The zero-order chi connectivity index (χ0) is 20.9. The molecule has 0 bridgehead atoms. The Bertz CT molecular complexity index is 898. The summed E-state index contributed by atoms with van der Waals surface area (Å²) in [6.45, 7) is 8.59. The van der Waals surface area contributed by atoms with E-state index in [1.807, 2.05) is 4.90 Å². The van der Waals surface area contributed by atoms with Gasteiger partial charge in [-0.05, 0) is 55.8 Å². The lowest BCUT2D eigenvalue weighted by Gasteiger charge is -2.26. The summed E-state index contributed by atoms with van der Waals surface area (Å²) in [6, 6.07) is 11.1. The number of aliphatic imine (C=N–C) groups is 1. The fraction of sp³-hybridized carbons (Fsp3) is 0.478. The zero-order valence-corrected chi connectivity index (χ0v) is 21.4. The summed E-state index contributed by atoms with van der Waals surface area (Å²) >= 11 is 1.79. The summed E-state index contributed by atoms with van der Waals surface area (Å²) in [4.78, 5) is 23.0. The first kappa shape index (κ1) is 23.8. The van der Waals surface area contributed by atoms with Gasteiger partial charge in [0.15, 0.2) is 5.96 Å². The third-order valence-electron chi connectivity index (χ3n) is 5.81. The van der Waals surface area contributed by atoms with Crippen molar-refractivity contribution in [1.82, 2.24) is 15.5 Å². The van der Waals surface area contributed by atoms with E-state index in [-0.39, 0.29) is 36.4 Å². The number of hydrogen-bond acceptors (Lipinski definition) is 4. The lowest BCUT2D eigenvalue weighted by Crippen LogP contribution is -2.45. The second-order valence-corrected chi connectivity index (χ2v) is 9.04. The SMILES string of the molecule is CCNC(=NCC(=O)N1CCc2sccc2C1)NC1CCN(c2ccc(C)cc2)C1.I. The fourth-order valence-electron chi connectivity index (χ4n) is 4.09. The smallest absolute Gasteiger partial charge is 0.244 e. The molecule has 1 amide bonds. The molecule has 1 atom stereocenters. The highest BCUT2D eigenvalue weighted by atomic mass is 127. The molecule has 1 aromatic heterocycles. The molecule has 2 N–H and O–H groups in total. The molecule has 2 aromatic rings. The van der Waals surface area contributed by atoms with Gasteiger partial charge in [0.05, 0.1) is 0 Å². The number of carbonyl (C=O) groups is 1. The lowest BCUT2D eigenvalue weighted by molar-refractivity contribution is -0.130. The van der Waals surface area contributed by atoms with Crippen molar-refractivity contribution in [3.05, 3.63) is 51.7 Å². The van der Waals surface area contributed by atoms with Crippen molar-refractivity contribution in [3.63, 3.8) is 0 Å². The number of anilines is 1. The molecule has 0 spiro atoms. The molecule has 8 heteroatoms. The molecule has 4 rings (SSSR count). The van der Waals surface area contributed by atoms with E-state index in [1.54, 1.807) is 11.3 Å². The average Bonchev–Trinajstić information content (AvgIpc) is 3.41. The third kappa shape index (κ3) is 6.12. The number of rotatable bonds is 5. The molecule has 168 valence electrons. The van der Waals surface area contributed by atoms with Crippen molar-refractivity contribution in [3.8, 4) is 0 Å². The molecule has 1 aromatic carbocycles. The molecule has 0 aliphatic carbocycles. The molecule has 1 fully saturated rings. The van der Waals surface area contributed by atoms with Gasteiger partial charge in [-0.1, -0.05) is 17.7 Å². The van der Waals surface area contributed by atoms with Crippen LogP contribution in [0.15, 0.2) is 40.7 Å². The van der Waals surface area contributed by atoms with Gasteiger partial charge in [-0.15, -0.1) is 35.3 Å². The fourth-order valence-corrected chi connectivity index (χ4v) is 4.98. The van der Waals surface area contributed by atoms with Crippen LogP contribution >= 0.6 is 35.3 Å². The van der Waals surface area contributed by atoms with Crippen LogP contribution in [-0.4, -0.2) is 55.5 Å². The van der Waals surface area contributed by atoms with Crippen LogP contribution in [0.4, 0.5) is 5.69 Å². The molecule has 0 saturated carbocycles. The number of guanidine groups is 1. The number of amides is 1. The Morgan fingerprint density at radius 3 is 2.81 bits per heavy atom. The average molecular weight is 554 g/mol. The quantitative estimate of drug-likeness (QED) is 0.339. The maximum Gasteiger partial charge on any atom is 0.244 e. The minimum atomic E-state index is 0. The number of nitrogens with one attached hydrogen (secondary N) is 2. The summed E-state index contributed by atoms with van der Waals surface area (Å²) in [5, 5.41) is 8.94. The Morgan fingerprint density at radius 1 is 1.23 bits per heavy atom. The standard InChI is InChI=1S/C23H31N5OS.HI/c1-3-24-23(25-14-22(29)28-12-9-21-18(15-28)10-13-30-21)26-19-8-11-27(16-19)20-6-4-17(2)5-7-20;/h4-7,10,13,19H,3,8-9,11-12,14-16H2,1-2H3,(H2,24,25,26);1H. The second-order valence-electron chi connectivity index (χ2n) is 8.04. The minimum absolute atomic E-state index is 0. The number of aryl methyl sites for hydroxylation is 1. The largest absolute Gasteiger partial charge is 0.369 e. The number of hydrogen-bond donors (Lipinski definition) is 2. The molecule has 0 radical (unpaired) electrons. The Hall–Kier alpha value is -1.81. The molecule has 2 aliphatic heterocycles. The van der Waals surface area contributed by atoms with Gasteiger partial charge >= 0.3 is 0 Å². The Balaban J connectivity index is 0.00000272. The summed E-state index contributed by atoms with van der Waals surface area (Å²) in [7, 11) is 0. The van der Waals surface area contributed by atoms with Crippen molar-refractivity contribution in [2.75, 3.05) is 37.6 Å². The van der Waals surface area contributed by atoms with E-state index >= 15 is 0 Å². The van der Waals surface area contributed by atoms with Crippen LogP contribution < -0.4 is 15.5 Å². The normalized spacial score (nSPS) is 18.4. The zero-order valence-electron chi connectivity index (χ0n) is 18.3. The van der Waals surface area contributed by atoms with Gasteiger partial charge in [0.25, 0.3) is 0 Å². The first-order valence-corrected chi connectivity index (χ1v) is 11.7. The summed E-state index contributed by atoms with van der Waals surface area (Å²) < 4.78 is 0. The highest BCUT2D eigenvalue weighted by molar-refractivity contribution is 14.0. The minimum Gasteiger partial charge on any atom is -0.369 e. The van der Waals surface area contributed by atoms with Gasteiger partial charge in [-0.3, -0.25) is 4.79 Å². The summed E-state index contributed by atoms with van der Waals surface area (Å²) in [5.41, 5.74) is 3.83. The van der Waals surface area contributed by atoms with E-state index in [9.17, 15) is 4.79 Å². The van der Waals surface area contributed by atoms with Gasteiger partial charge in [0, 0.05) is 49.3 Å². The van der Waals surface area contributed by atoms with Crippen LogP contribution in [-0.2, 0) is 17.8 Å². The van der Waals surface area contributed by atoms with E-state index in [1.165, 1.54) is 21.7 Å². The molecular weight excluding hydrogens is 521 g/mol. The molecule has 31 heavy (non-hydrogen) atoms. The van der Waals surface area contributed by atoms with E-state index in [0.717, 1.165) is 45.0 Å². The number of thiophene rings is 1. The predicted molar refractivity (Wildman–Crippen MR) is 140 cm³/mol. The maximum atomic E-state index is 12.7. The van der Waals surface area contributed by atoms with Crippen LogP contribution in [0.3, 0.4) is 0 Å². The van der Waals surface area contributed by atoms with Crippen LogP contribution in [0.5, 0.6) is 0 Å². The summed E-state index contributed by atoms with van der Waals surface area (Å²) in [5.74, 6) is 0.826. The van der Waals surface area contributed by atoms with Gasteiger partial charge < -0.3 is 20.4 Å². The van der Waals surface area contributed by atoms with E-state index in [2.05, 4.69) is 70.1 Å². The van der Waals surface area contributed by atoms with Crippen molar-refractivity contribution in [2.24, 2.45) is 4.99 Å². The molecule has 1 unspecified atom stereocenters. The number of benzene rings is 1. The van der Waals surface area contributed by atoms with Crippen LogP contribution in [0.1, 0.15) is 29.3 Å². The van der Waals surface area contributed by atoms with Crippen LogP contribution in [0.25, 0.3) is 0 Å². The van der Waals surface area contributed by atoms with Crippen molar-refractivity contribution >= 4 is 52.9 Å². The van der Waals surface area contributed by atoms with Crippen LogP contribution in [0, 0.1) is 6.92 Å². The number of halogens is 1. The first-order chi connectivity index (χ1) is 14.6. The topological polar surface area (TPSA) is 60.0 Å². The monoisotopic (exact) mass is 553 g/mol. The van der Waals surface area contributed by atoms with Crippen molar-refractivity contribution in [2.45, 2.75) is 39.3 Å². The predicted octanol–water partition coefficient (Wildman–Crippen LogP) is 3.39. The van der Waals surface area contributed by atoms with Crippen molar-refractivity contribution < 1.29 is 4.79 Å². The highest BCUT2D eigenvalue weighted by Gasteiger charge is 2.24. The number of nitrogens with zero attached hydrogens (tertiary/aromatic N) is 3.